The molecule has 0 bridgehead atoms. The number of benzene rings is 3. The summed E-state index contributed by atoms with van der Waals surface area (Å²) in [6.45, 7) is 4.32. The van der Waals surface area contributed by atoms with E-state index in [-0.39, 0.29) is 11.5 Å². The van der Waals surface area contributed by atoms with Crippen LogP contribution in [-0.2, 0) is 4.79 Å². The van der Waals surface area contributed by atoms with Crippen molar-refractivity contribution in [3.8, 4) is 22.6 Å². The highest BCUT2D eigenvalue weighted by Crippen LogP contribution is 2.37. The molecule has 2 heterocycles. The number of rotatable bonds is 12. The minimum atomic E-state index is -0.991. The van der Waals surface area contributed by atoms with Gasteiger partial charge >= 0.3 is 5.97 Å². The third kappa shape index (κ3) is 8.10. The molecule has 0 atom stereocenters. The maximum Gasteiger partial charge on any atom is 0.335 e. The fraction of sp³-hybridized carbons (Fsp3) is 0.281. The van der Waals surface area contributed by atoms with E-state index in [0.29, 0.717) is 56.9 Å². The van der Waals surface area contributed by atoms with Gasteiger partial charge in [0, 0.05) is 34.3 Å². The zero-order valence-corrected chi connectivity index (χ0v) is 26.4. The highest BCUT2D eigenvalue weighted by molar-refractivity contribution is 8.26. The molecule has 5 rings (SSSR count). The molecule has 43 heavy (non-hydrogen) atoms. The lowest BCUT2D eigenvalue weighted by molar-refractivity contribution is -0.122. The Morgan fingerprint density at radius 2 is 1.74 bits per heavy atom. The van der Waals surface area contributed by atoms with Crippen molar-refractivity contribution in [2.45, 2.75) is 19.3 Å². The van der Waals surface area contributed by atoms with E-state index < -0.39 is 5.97 Å². The Balaban J connectivity index is 1.28. The van der Waals surface area contributed by atoms with Gasteiger partial charge in [0.15, 0.2) is 0 Å². The third-order valence-corrected chi connectivity index (χ3v) is 9.10. The molecule has 0 unspecified atom stereocenters. The number of halogens is 2. The van der Waals surface area contributed by atoms with Gasteiger partial charge in [0.1, 0.15) is 22.4 Å². The molecule has 2 saturated heterocycles. The summed E-state index contributed by atoms with van der Waals surface area (Å²) in [6.07, 6.45) is 4.82. The lowest BCUT2D eigenvalue weighted by atomic mass is 10.0. The molecule has 224 valence electrons. The van der Waals surface area contributed by atoms with E-state index in [1.807, 2.05) is 30.3 Å². The van der Waals surface area contributed by atoms with Crippen molar-refractivity contribution in [2.24, 2.45) is 0 Å². The molecule has 1 N–H and O–H groups in total. The number of thioether (sulfide) groups is 1. The molecule has 11 heteroatoms. The van der Waals surface area contributed by atoms with Gasteiger partial charge in [-0.2, -0.15) is 0 Å². The molecule has 3 aromatic rings. The number of hydrogen-bond donors (Lipinski definition) is 1. The summed E-state index contributed by atoms with van der Waals surface area (Å²) in [4.78, 5) is 28.9. The molecule has 7 nitrogen and oxygen atoms in total. The number of hydrogen-bond acceptors (Lipinski definition) is 7. The summed E-state index contributed by atoms with van der Waals surface area (Å²) in [5.74, 6) is 0.0860. The number of aromatic carboxylic acids is 1. The van der Waals surface area contributed by atoms with E-state index in [9.17, 15) is 9.59 Å². The molecule has 2 fully saturated rings. The average molecular weight is 658 g/mol. The van der Waals surface area contributed by atoms with Gasteiger partial charge in [-0.15, -0.1) is 0 Å². The Labute approximate surface area is 270 Å². The van der Waals surface area contributed by atoms with Crippen LogP contribution in [0.15, 0.2) is 65.6 Å². The molecular formula is C32H30Cl2N2O5S2. The van der Waals surface area contributed by atoms with Crippen molar-refractivity contribution < 1.29 is 24.2 Å². The Morgan fingerprint density at radius 3 is 2.47 bits per heavy atom. The minimum absolute atomic E-state index is 0.168. The molecule has 0 spiro atoms. The number of thiocarbonyl (C=S) groups is 1. The zero-order chi connectivity index (χ0) is 30.3. The van der Waals surface area contributed by atoms with Gasteiger partial charge in [0.25, 0.3) is 5.91 Å². The van der Waals surface area contributed by atoms with Crippen LogP contribution < -0.4 is 9.47 Å². The molecule has 3 aromatic carbocycles. The normalized spacial score (nSPS) is 16.3. The van der Waals surface area contributed by atoms with Gasteiger partial charge < -0.3 is 14.6 Å². The summed E-state index contributed by atoms with van der Waals surface area (Å²) in [6, 6.07) is 17.4. The van der Waals surface area contributed by atoms with Crippen LogP contribution in [0.5, 0.6) is 11.5 Å². The average Bonchev–Trinajstić information content (AvgIpc) is 3.60. The number of carbonyl (C=O) groups excluding carboxylic acids is 1. The van der Waals surface area contributed by atoms with Crippen LogP contribution in [0, 0.1) is 0 Å². The third-order valence-electron chi connectivity index (χ3n) is 7.17. The molecule has 0 aliphatic carbocycles. The highest BCUT2D eigenvalue weighted by Gasteiger charge is 2.32. The summed E-state index contributed by atoms with van der Waals surface area (Å²) < 4.78 is 12.4. The Morgan fingerprint density at radius 1 is 0.977 bits per heavy atom. The van der Waals surface area contributed by atoms with E-state index in [2.05, 4.69) is 4.90 Å². The first-order valence-electron chi connectivity index (χ1n) is 13.9. The number of nitrogens with zero attached hydrogens (tertiary/aromatic N) is 2. The van der Waals surface area contributed by atoms with E-state index in [1.165, 1.54) is 36.7 Å². The van der Waals surface area contributed by atoms with E-state index in [1.54, 1.807) is 29.2 Å². The number of carboxylic acids is 1. The molecular weight excluding hydrogens is 627 g/mol. The Kier molecular flexibility index (Phi) is 10.6. The summed E-state index contributed by atoms with van der Waals surface area (Å²) in [7, 11) is 0. The largest absolute Gasteiger partial charge is 0.494 e. The second-order valence-corrected chi connectivity index (χ2v) is 12.7. The van der Waals surface area contributed by atoms with Gasteiger partial charge in [-0.1, -0.05) is 59.3 Å². The fourth-order valence-electron chi connectivity index (χ4n) is 4.92. The SMILES string of the molecule is O=C(O)c1ccc(OCCCN2C(=O)/C(=C/c3cc(-c4ccc(Cl)cc4Cl)ccc3OCCN3CCCC3)SC2=S)cc1. The summed E-state index contributed by atoms with van der Waals surface area (Å²) in [5, 5.41) is 10.1. The predicted octanol–water partition coefficient (Wildman–Crippen LogP) is 7.50. The van der Waals surface area contributed by atoms with Gasteiger partial charge in [-0.25, -0.2) is 4.79 Å². The van der Waals surface area contributed by atoms with Gasteiger partial charge in [-0.05, 0) is 92.5 Å². The topological polar surface area (TPSA) is 79.3 Å². The van der Waals surface area contributed by atoms with Crippen LogP contribution in [0.4, 0.5) is 0 Å². The molecule has 0 aromatic heterocycles. The van der Waals surface area contributed by atoms with E-state index >= 15 is 0 Å². The van der Waals surface area contributed by atoms with Gasteiger partial charge in [-0.3, -0.25) is 14.6 Å². The molecule has 0 radical (unpaired) electrons. The lowest BCUT2D eigenvalue weighted by Gasteiger charge is -2.17. The number of amides is 1. The first-order valence-corrected chi connectivity index (χ1v) is 15.9. The number of likely N-dealkylation sites (tertiary alicyclic amines) is 1. The van der Waals surface area contributed by atoms with Crippen LogP contribution >= 0.6 is 47.2 Å². The van der Waals surface area contributed by atoms with Crippen LogP contribution in [0.25, 0.3) is 17.2 Å². The van der Waals surface area contributed by atoms with E-state index in [0.717, 1.165) is 36.3 Å². The van der Waals surface area contributed by atoms with Crippen LogP contribution in [-0.4, -0.2) is 70.5 Å². The molecule has 0 saturated carbocycles. The maximum atomic E-state index is 13.4. The van der Waals surface area contributed by atoms with Crippen molar-refractivity contribution >= 4 is 69.5 Å². The van der Waals surface area contributed by atoms with Gasteiger partial charge in [0.05, 0.1) is 17.1 Å². The highest BCUT2D eigenvalue weighted by atomic mass is 35.5. The monoisotopic (exact) mass is 656 g/mol. The Bertz CT molecular complexity index is 1540. The second kappa shape index (κ2) is 14.6. The van der Waals surface area contributed by atoms with Crippen molar-refractivity contribution in [1.82, 2.24) is 9.80 Å². The van der Waals surface area contributed by atoms with Crippen molar-refractivity contribution in [2.75, 3.05) is 39.4 Å². The molecule has 2 aliphatic heterocycles. The number of carboxylic acid groups (broad SMARTS) is 1. The molecule has 1 amide bonds. The number of ether oxygens (including phenoxy) is 2. The van der Waals surface area contributed by atoms with Crippen LogP contribution in [0.3, 0.4) is 0 Å². The number of carbonyl (C=O) groups is 2. The first-order chi connectivity index (χ1) is 20.8. The lowest BCUT2D eigenvalue weighted by Crippen LogP contribution is -2.29. The van der Waals surface area contributed by atoms with Crippen LogP contribution in [0.1, 0.15) is 35.2 Å². The van der Waals surface area contributed by atoms with Crippen LogP contribution in [0.2, 0.25) is 10.0 Å². The van der Waals surface area contributed by atoms with Crippen molar-refractivity contribution in [3.63, 3.8) is 0 Å². The predicted molar refractivity (Wildman–Crippen MR) is 176 cm³/mol. The standard InChI is InChI=1S/C32H30Cl2N2O5S2/c33-24-7-10-26(27(34)20-24)22-6-11-28(41-17-15-35-12-1-2-13-35)23(18-22)19-29-30(37)36(32(42)43-29)14-3-16-40-25-8-4-21(5-9-25)31(38)39/h4-11,18-20H,1-3,12-17H2,(H,38,39)/b29-19-. The quantitative estimate of drug-likeness (QED) is 0.122. The second-order valence-electron chi connectivity index (χ2n) is 10.1. The minimum Gasteiger partial charge on any atom is -0.494 e. The van der Waals surface area contributed by atoms with Crippen molar-refractivity contribution in [3.05, 3.63) is 86.7 Å². The zero-order valence-electron chi connectivity index (χ0n) is 23.3. The van der Waals surface area contributed by atoms with Crippen molar-refractivity contribution in [1.29, 1.82) is 0 Å². The Hall–Kier alpha value is -3.08. The summed E-state index contributed by atoms with van der Waals surface area (Å²) in [5.41, 5.74) is 2.66. The van der Waals surface area contributed by atoms with E-state index in [4.69, 9.17) is 50.0 Å². The smallest absolute Gasteiger partial charge is 0.335 e. The first kappa shape index (κ1) is 31.3. The van der Waals surface area contributed by atoms with Gasteiger partial charge in [0.2, 0.25) is 0 Å². The molecule has 2 aliphatic rings. The maximum absolute atomic E-state index is 13.4. The fourth-order valence-corrected chi connectivity index (χ4v) is 6.73. The summed E-state index contributed by atoms with van der Waals surface area (Å²) >= 11 is 19.4.